The molecule has 1 aromatic carbocycles. The maximum atomic E-state index is 13.0. The Kier molecular flexibility index (Phi) is 6.79. The van der Waals surface area contributed by atoms with E-state index < -0.39 is 5.91 Å². The van der Waals surface area contributed by atoms with Gasteiger partial charge in [-0.1, -0.05) is 23.7 Å². The van der Waals surface area contributed by atoms with E-state index in [0.717, 1.165) is 10.9 Å². The fourth-order valence-electron chi connectivity index (χ4n) is 2.90. The Labute approximate surface area is 168 Å². The van der Waals surface area contributed by atoms with Gasteiger partial charge in [0.2, 0.25) is 0 Å². The average Bonchev–Trinajstić information content (AvgIpc) is 2.71. The molecule has 2 aromatic heterocycles. The molecular weight excluding hydrogens is 378 g/mol. The van der Waals surface area contributed by atoms with Gasteiger partial charge in [0.25, 0.3) is 11.5 Å². The molecule has 146 valence electrons. The third-order valence-corrected chi connectivity index (χ3v) is 4.55. The molecule has 0 aliphatic rings. The summed E-state index contributed by atoms with van der Waals surface area (Å²) in [4.78, 5) is 30.0. The lowest BCUT2D eigenvalue weighted by Crippen LogP contribution is -2.34. The number of fused-ring (bicyclic) bond motifs is 1. The van der Waals surface area contributed by atoms with E-state index in [1.165, 1.54) is 4.57 Å². The van der Waals surface area contributed by atoms with Gasteiger partial charge in [0.15, 0.2) is 0 Å². The lowest BCUT2D eigenvalue weighted by Gasteiger charge is -2.12. The van der Waals surface area contributed by atoms with E-state index >= 15 is 0 Å². The van der Waals surface area contributed by atoms with Gasteiger partial charge in [0.1, 0.15) is 11.2 Å². The van der Waals surface area contributed by atoms with Gasteiger partial charge in [-0.3, -0.25) is 14.2 Å². The summed E-state index contributed by atoms with van der Waals surface area (Å²) >= 11 is 5.95. The number of nitrogens with zero attached hydrogens (tertiary/aromatic N) is 2. The standard InChI is InChI=1S/C21H22ClN3O3/c1-2-28-12-4-11-24-20(26)18-13-16-5-3-10-23-19(16)25(21(18)27)14-15-6-8-17(22)9-7-15/h3,5-10,13H,2,4,11-12,14H2,1H3,(H,24,26). The van der Waals surface area contributed by atoms with E-state index in [9.17, 15) is 9.59 Å². The van der Waals surface area contributed by atoms with Crippen LogP contribution < -0.4 is 10.9 Å². The summed E-state index contributed by atoms with van der Waals surface area (Å²) in [5, 5.41) is 4.15. The minimum atomic E-state index is -0.392. The zero-order valence-corrected chi connectivity index (χ0v) is 16.4. The Bertz CT molecular complexity index is 1020. The highest BCUT2D eigenvalue weighted by Gasteiger charge is 2.16. The van der Waals surface area contributed by atoms with Gasteiger partial charge in [-0.15, -0.1) is 0 Å². The SMILES string of the molecule is CCOCCCNC(=O)c1cc2cccnc2n(Cc2ccc(Cl)cc2)c1=O. The predicted molar refractivity (Wildman–Crippen MR) is 110 cm³/mol. The van der Waals surface area contributed by atoms with Crippen molar-refractivity contribution in [3.63, 3.8) is 0 Å². The van der Waals surface area contributed by atoms with Crippen LogP contribution in [0, 0.1) is 0 Å². The number of hydrogen-bond acceptors (Lipinski definition) is 4. The molecule has 7 heteroatoms. The molecule has 3 aromatic rings. The summed E-state index contributed by atoms with van der Waals surface area (Å²) in [6.45, 7) is 3.88. The topological polar surface area (TPSA) is 73.2 Å². The third-order valence-electron chi connectivity index (χ3n) is 4.30. The minimum absolute atomic E-state index is 0.103. The van der Waals surface area contributed by atoms with Crippen LogP contribution in [0.25, 0.3) is 11.0 Å². The number of amides is 1. The number of ether oxygens (including phenoxy) is 1. The second kappa shape index (κ2) is 9.48. The summed E-state index contributed by atoms with van der Waals surface area (Å²) in [5.41, 5.74) is 1.16. The fraction of sp³-hybridized carbons (Fsp3) is 0.286. The van der Waals surface area contributed by atoms with Gasteiger partial charge in [0, 0.05) is 36.4 Å². The van der Waals surface area contributed by atoms with Crippen LogP contribution in [0.2, 0.25) is 5.02 Å². The Morgan fingerprint density at radius 3 is 2.79 bits per heavy atom. The molecule has 0 unspecified atom stereocenters. The van der Waals surface area contributed by atoms with Gasteiger partial charge < -0.3 is 10.1 Å². The number of benzene rings is 1. The number of carbonyl (C=O) groups is 1. The second-order valence-corrected chi connectivity index (χ2v) is 6.73. The first kappa shape index (κ1) is 20.0. The highest BCUT2D eigenvalue weighted by molar-refractivity contribution is 6.30. The fourth-order valence-corrected chi connectivity index (χ4v) is 3.03. The number of halogens is 1. The number of pyridine rings is 2. The first-order chi connectivity index (χ1) is 13.6. The van der Waals surface area contributed by atoms with E-state index in [4.69, 9.17) is 16.3 Å². The molecule has 0 fully saturated rings. The number of rotatable bonds is 8. The highest BCUT2D eigenvalue weighted by Crippen LogP contribution is 2.15. The lowest BCUT2D eigenvalue weighted by atomic mass is 10.1. The molecule has 0 bridgehead atoms. The maximum absolute atomic E-state index is 13.0. The van der Waals surface area contributed by atoms with E-state index in [1.54, 1.807) is 30.5 Å². The summed E-state index contributed by atoms with van der Waals surface area (Å²) in [6, 6.07) is 12.5. The quantitative estimate of drug-likeness (QED) is 0.590. The van der Waals surface area contributed by atoms with Crippen LogP contribution in [0.5, 0.6) is 0 Å². The first-order valence-electron chi connectivity index (χ1n) is 9.19. The summed E-state index contributed by atoms with van der Waals surface area (Å²) < 4.78 is 6.78. The minimum Gasteiger partial charge on any atom is -0.382 e. The summed E-state index contributed by atoms with van der Waals surface area (Å²) in [5.74, 6) is -0.392. The second-order valence-electron chi connectivity index (χ2n) is 6.30. The molecule has 2 heterocycles. The van der Waals surface area contributed by atoms with Crippen molar-refractivity contribution in [1.29, 1.82) is 0 Å². The van der Waals surface area contributed by atoms with Crippen molar-refractivity contribution in [1.82, 2.24) is 14.9 Å². The molecule has 0 spiro atoms. The Balaban J connectivity index is 1.91. The molecule has 3 rings (SSSR count). The van der Waals surface area contributed by atoms with Gasteiger partial charge in [-0.2, -0.15) is 0 Å². The monoisotopic (exact) mass is 399 g/mol. The van der Waals surface area contributed by atoms with Crippen LogP contribution in [0.3, 0.4) is 0 Å². The zero-order chi connectivity index (χ0) is 19.9. The largest absolute Gasteiger partial charge is 0.382 e. The normalized spacial score (nSPS) is 10.9. The Morgan fingerprint density at radius 1 is 1.25 bits per heavy atom. The molecule has 1 amide bonds. The van der Waals surface area contributed by atoms with Crippen LogP contribution in [0.1, 0.15) is 29.3 Å². The van der Waals surface area contributed by atoms with E-state index in [1.807, 2.05) is 25.1 Å². The predicted octanol–water partition coefficient (Wildman–Crippen LogP) is 3.25. The van der Waals surface area contributed by atoms with Crippen molar-refractivity contribution in [3.8, 4) is 0 Å². The van der Waals surface area contributed by atoms with Crippen molar-refractivity contribution < 1.29 is 9.53 Å². The van der Waals surface area contributed by atoms with Crippen molar-refractivity contribution in [2.45, 2.75) is 19.9 Å². The van der Waals surface area contributed by atoms with E-state index in [-0.39, 0.29) is 11.1 Å². The molecule has 0 radical (unpaired) electrons. The van der Waals surface area contributed by atoms with Crippen LogP contribution in [0.4, 0.5) is 0 Å². The molecule has 1 N–H and O–H groups in total. The first-order valence-corrected chi connectivity index (χ1v) is 9.57. The van der Waals surface area contributed by atoms with Gasteiger partial charge in [-0.25, -0.2) is 4.98 Å². The number of carbonyl (C=O) groups excluding carboxylic acids is 1. The molecular formula is C21H22ClN3O3. The lowest BCUT2D eigenvalue weighted by molar-refractivity contribution is 0.0942. The Hall–Kier alpha value is -2.70. The molecule has 28 heavy (non-hydrogen) atoms. The zero-order valence-electron chi connectivity index (χ0n) is 15.7. The average molecular weight is 400 g/mol. The van der Waals surface area contributed by atoms with Crippen molar-refractivity contribution in [3.05, 3.63) is 75.2 Å². The maximum Gasteiger partial charge on any atom is 0.265 e. The molecule has 0 saturated carbocycles. The molecule has 0 saturated heterocycles. The molecule has 0 aliphatic heterocycles. The van der Waals surface area contributed by atoms with Gasteiger partial charge in [0.05, 0.1) is 6.54 Å². The third kappa shape index (κ3) is 4.77. The highest BCUT2D eigenvalue weighted by atomic mass is 35.5. The van der Waals surface area contributed by atoms with Crippen LogP contribution in [-0.4, -0.2) is 35.2 Å². The molecule has 0 aliphatic carbocycles. The molecule has 6 nitrogen and oxygen atoms in total. The van der Waals surface area contributed by atoms with E-state index in [2.05, 4.69) is 10.3 Å². The van der Waals surface area contributed by atoms with Crippen molar-refractivity contribution in [2.24, 2.45) is 0 Å². The summed E-state index contributed by atoms with van der Waals surface area (Å²) in [6.07, 6.45) is 2.32. The van der Waals surface area contributed by atoms with Crippen LogP contribution >= 0.6 is 11.6 Å². The number of nitrogens with one attached hydrogen (secondary N) is 1. The van der Waals surface area contributed by atoms with Crippen molar-refractivity contribution >= 4 is 28.5 Å². The van der Waals surface area contributed by atoms with E-state index in [0.29, 0.717) is 43.4 Å². The van der Waals surface area contributed by atoms with Crippen LogP contribution in [-0.2, 0) is 11.3 Å². The molecule has 0 atom stereocenters. The van der Waals surface area contributed by atoms with Crippen LogP contribution in [0.15, 0.2) is 53.5 Å². The Morgan fingerprint density at radius 2 is 2.04 bits per heavy atom. The van der Waals surface area contributed by atoms with Gasteiger partial charge >= 0.3 is 0 Å². The van der Waals surface area contributed by atoms with Crippen molar-refractivity contribution in [2.75, 3.05) is 19.8 Å². The number of hydrogen-bond donors (Lipinski definition) is 1. The smallest absolute Gasteiger partial charge is 0.265 e. The summed E-state index contributed by atoms with van der Waals surface area (Å²) in [7, 11) is 0. The van der Waals surface area contributed by atoms with Gasteiger partial charge in [-0.05, 0) is 49.2 Å². The number of aromatic nitrogens is 2.